The van der Waals surface area contributed by atoms with Gasteiger partial charge < -0.3 is 14.6 Å². The zero-order valence-corrected chi connectivity index (χ0v) is 20.5. The fourth-order valence-electron chi connectivity index (χ4n) is 4.16. The van der Waals surface area contributed by atoms with E-state index in [-0.39, 0.29) is 11.2 Å². The van der Waals surface area contributed by atoms with E-state index in [2.05, 4.69) is 82.3 Å². The molecule has 0 saturated carbocycles. The number of ether oxygens (including phenoxy) is 2. The summed E-state index contributed by atoms with van der Waals surface area (Å²) < 4.78 is 12.5. The summed E-state index contributed by atoms with van der Waals surface area (Å²) in [5.41, 5.74) is 3.88. The first-order valence-electron chi connectivity index (χ1n) is 11.9. The minimum Gasteiger partial charge on any atom is -0.508 e. The third kappa shape index (κ3) is 8.34. The predicted molar refractivity (Wildman–Crippen MR) is 136 cm³/mol. The summed E-state index contributed by atoms with van der Waals surface area (Å²) in [5.74, 6) is 0.326. The van der Waals surface area contributed by atoms with Crippen LogP contribution in [-0.4, -0.2) is 29.5 Å². The number of aromatic hydroxyl groups is 1. The lowest BCUT2D eigenvalue weighted by molar-refractivity contribution is -0.0198. The highest BCUT2D eigenvalue weighted by Gasteiger charge is 2.26. The van der Waals surface area contributed by atoms with Crippen molar-refractivity contribution in [3.63, 3.8) is 0 Å². The van der Waals surface area contributed by atoms with Crippen molar-refractivity contribution in [3.05, 3.63) is 101 Å². The quantitative estimate of drug-likeness (QED) is 0.343. The molecule has 0 unspecified atom stereocenters. The van der Waals surface area contributed by atoms with Gasteiger partial charge in [0.15, 0.2) is 0 Å². The van der Waals surface area contributed by atoms with Gasteiger partial charge in [0, 0.05) is 12.8 Å². The van der Waals surface area contributed by atoms with Crippen LogP contribution in [0.4, 0.5) is 0 Å². The summed E-state index contributed by atoms with van der Waals surface area (Å²) in [6, 6.07) is 26.6. The zero-order valence-electron chi connectivity index (χ0n) is 20.5. The molecule has 3 nitrogen and oxygen atoms in total. The van der Waals surface area contributed by atoms with Gasteiger partial charge >= 0.3 is 0 Å². The van der Waals surface area contributed by atoms with Crippen molar-refractivity contribution in [3.8, 4) is 5.75 Å². The summed E-state index contributed by atoms with van der Waals surface area (Å²) >= 11 is 0. The lowest BCUT2D eigenvalue weighted by Crippen LogP contribution is -2.31. The van der Waals surface area contributed by atoms with E-state index >= 15 is 0 Å². The number of hydrogen-bond donors (Lipinski definition) is 1. The van der Waals surface area contributed by atoms with Gasteiger partial charge in [0.1, 0.15) is 5.75 Å². The van der Waals surface area contributed by atoms with E-state index in [4.69, 9.17) is 9.47 Å². The van der Waals surface area contributed by atoms with Gasteiger partial charge in [-0.3, -0.25) is 0 Å². The Kier molecular flexibility index (Phi) is 8.71. The monoisotopic (exact) mass is 446 g/mol. The fraction of sp³-hybridized carbons (Fsp3) is 0.400. The number of benzene rings is 3. The second-order valence-electron chi connectivity index (χ2n) is 9.96. The first-order chi connectivity index (χ1) is 15.7. The molecule has 0 bridgehead atoms. The highest BCUT2D eigenvalue weighted by atomic mass is 16.5. The van der Waals surface area contributed by atoms with Crippen LogP contribution in [0.5, 0.6) is 5.75 Å². The SMILES string of the molecule is CC(C)(Cc1cccc(O)c1CC(C)(C)OCCc1ccccc1)OCCc1ccccc1. The standard InChI is InChI=1S/C30H38O3/c1-29(2,32-20-18-24-12-7-5-8-13-24)22-26-16-11-17-28(31)27(26)23-30(3,4)33-21-19-25-14-9-6-10-15-25/h5-17,31H,18-23H2,1-4H3. The summed E-state index contributed by atoms with van der Waals surface area (Å²) in [5, 5.41) is 10.7. The molecule has 3 heteroatoms. The highest BCUT2D eigenvalue weighted by molar-refractivity contribution is 5.41. The first kappa shape index (κ1) is 25.0. The molecule has 0 saturated heterocycles. The Labute approximate surface area is 199 Å². The van der Waals surface area contributed by atoms with Crippen molar-refractivity contribution in [2.24, 2.45) is 0 Å². The molecule has 176 valence electrons. The van der Waals surface area contributed by atoms with Crippen LogP contribution < -0.4 is 0 Å². The molecular weight excluding hydrogens is 408 g/mol. The Hall–Kier alpha value is -2.62. The Morgan fingerprint density at radius 3 is 1.61 bits per heavy atom. The largest absolute Gasteiger partial charge is 0.508 e. The molecule has 0 heterocycles. The van der Waals surface area contributed by atoms with Crippen LogP contribution in [0.1, 0.15) is 49.9 Å². The first-order valence-corrected chi connectivity index (χ1v) is 11.9. The van der Waals surface area contributed by atoms with E-state index in [1.165, 1.54) is 11.1 Å². The van der Waals surface area contributed by atoms with E-state index in [1.54, 1.807) is 6.07 Å². The van der Waals surface area contributed by atoms with Gasteiger partial charge in [-0.25, -0.2) is 0 Å². The molecule has 0 radical (unpaired) electrons. The second-order valence-corrected chi connectivity index (χ2v) is 9.96. The molecule has 33 heavy (non-hydrogen) atoms. The maximum atomic E-state index is 10.7. The van der Waals surface area contributed by atoms with Gasteiger partial charge in [-0.05, 0) is 68.9 Å². The number of hydrogen-bond acceptors (Lipinski definition) is 3. The molecule has 0 aliphatic carbocycles. The Balaban J connectivity index is 1.59. The van der Waals surface area contributed by atoms with Crippen molar-refractivity contribution in [1.82, 2.24) is 0 Å². The van der Waals surface area contributed by atoms with Crippen molar-refractivity contribution in [1.29, 1.82) is 0 Å². The second kappa shape index (κ2) is 11.5. The van der Waals surface area contributed by atoms with Crippen LogP contribution in [0.15, 0.2) is 78.9 Å². The maximum Gasteiger partial charge on any atom is 0.119 e. The van der Waals surface area contributed by atoms with Crippen LogP contribution in [0.3, 0.4) is 0 Å². The normalized spacial score (nSPS) is 12.1. The molecule has 0 aliphatic rings. The Morgan fingerprint density at radius 1 is 0.606 bits per heavy atom. The average molecular weight is 447 g/mol. The molecule has 3 aromatic carbocycles. The molecule has 0 atom stereocenters. The molecule has 0 aliphatic heterocycles. The van der Waals surface area contributed by atoms with E-state index in [1.807, 2.05) is 18.2 Å². The smallest absolute Gasteiger partial charge is 0.119 e. The van der Waals surface area contributed by atoms with E-state index in [0.717, 1.165) is 30.4 Å². The van der Waals surface area contributed by atoms with Crippen molar-refractivity contribution in [2.45, 2.75) is 64.6 Å². The van der Waals surface area contributed by atoms with Crippen LogP contribution >= 0.6 is 0 Å². The molecule has 3 aromatic rings. The topological polar surface area (TPSA) is 38.7 Å². The van der Waals surface area contributed by atoms with E-state index in [9.17, 15) is 5.11 Å². The van der Waals surface area contributed by atoms with Gasteiger partial charge in [0.25, 0.3) is 0 Å². The van der Waals surface area contributed by atoms with Gasteiger partial charge in [-0.15, -0.1) is 0 Å². The maximum absolute atomic E-state index is 10.7. The summed E-state index contributed by atoms with van der Waals surface area (Å²) in [6.45, 7) is 9.74. The average Bonchev–Trinajstić information content (AvgIpc) is 2.77. The van der Waals surface area contributed by atoms with Crippen LogP contribution in [-0.2, 0) is 35.2 Å². The van der Waals surface area contributed by atoms with Crippen molar-refractivity contribution < 1.29 is 14.6 Å². The molecule has 0 fully saturated rings. The molecule has 1 N–H and O–H groups in total. The van der Waals surface area contributed by atoms with Gasteiger partial charge in [0.05, 0.1) is 24.4 Å². The minimum absolute atomic E-state index is 0.326. The van der Waals surface area contributed by atoms with Gasteiger partial charge in [0.2, 0.25) is 0 Å². The van der Waals surface area contributed by atoms with Crippen LogP contribution in [0.25, 0.3) is 0 Å². The highest BCUT2D eigenvalue weighted by Crippen LogP contribution is 2.30. The third-order valence-electron chi connectivity index (χ3n) is 5.92. The third-order valence-corrected chi connectivity index (χ3v) is 5.92. The van der Waals surface area contributed by atoms with Gasteiger partial charge in [-0.1, -0.05) is 72.8 Å². The predicted octanol–water partition coefficient (Wildman–Crippen LogP) is 6.55. The zero-order chi connectivity index (χ0) is 23.7. The number of phenolic OH excluding ortho intramolecular Hbond substituents is 1. The molecular formula is C30H38O3. The summed E-state index contributed by atoms with van der Waals surface area (Å²) in [4.78, 5) is 0. The number of rotatable bonds is 12. The van der Waals surface area contributed by atoms with Gasteiger partial charge in [-0.2, -0.15) is 0 Å². The van der Waals surface area contributed by atoms with Crippen LogP contribution in [0.2, 0.25) is 0 Å². The molecule has 0 amide bonds. The van der Waals surface area contributed by atoms with Crippen LogP contribution in [0, 0.1) is 0 Å². The number of phenols is 1. The lowest BCUT2D eigenvalue weighted by Gasteiger charge is -2.30. The van der Waals surface area contributed by atoms with Crippen molar-refractivity contribution in [2.75, 3.05) is 13.2 Å². The lowest BCUT2D eigenvalue weighted by atomic mass is 9.88. The summed E-state index contributed by atoms with van der Waals surface area (Å²) in [6.07, 6.45) is 3.13. The van der Waals surface area contributed by atoms with E-state index < -0.39 is 0 Å². The minimum atomic E-state index is -0.388. The molecule has 0 spiro atoms. The molecule has 3 rings (SSSR count). The van der Waals surface area contributed by atoms with Crippen molar-refractivity contribution >= 4 is 0 Å². The molecule has 0 aromatic heterocycles. The summed E-state index contributed by atoms with van der Waals surface area (Å²) in [7, 11) is 0. The van der Waals surface area contributed by atoms with E-state index in [0.29, 0.717) is 25.4 Å². The Morgan fingerprint density at radius 2 is 1.09 bits per heavy atom. The Bertz CT molecular complexity index is 978. The fourth-order valence-corrected chi connectivity index (χ4v) is 4.16.